The Hall–Kier alpha value is -2.53. The molecule has 0 aliphatic carbocycles. The van der Waals surface area contributed by atoms with Crippen LogP contribution in [-0.4, -0.2) is 25.1 Å². The normalized spacial score (nSPS) is 11.5. The monoisotopic (exact) mass is 347 g/mol. The van der Waals surface area contributed by atoms with Crippen LogP contribution >= 0.6 is 11.6 Å². The Kier molecular flexibility index (Phi) is 5.82. The molecule has 0 spiro atoms. The summed E-state index contributed by atoms with van der Waals surface area (Å²) in [7, 11) is 1.28. The Morgan fingerprint density at radius 1 is 1.12 bits per heavy atom. The third-order valence-electron chi connectivity index (χ3n) is 3.35. The molecule has 2 rings (SSSR count). The number of rotatable bonds is 5. The van der Waals surface area contributed by atoms with Gasteiger partial charge in [0.05, 0.1) is 23.4 Å². The maximum atomic E-state index is 12.3. The number of carbonyl (C=O) groups excluding carboxylic acids is 2. The number of ether oxygens (including phenoxy) is 2. The van der Waals surface area contributed by atoms with E-state index in [0.717, 1.165) is 5.56 Å². The minimum absolute atomic E-state index is 0.296. The lowest BCUT2D eigenvalue weighted by Crippen LogP contribution is -2.30. The van der Waals surface area contributed by atoms with Crippen LogP contribution in [0.4, 0.5) is 5.69 Å². The van der Waals surface area contributed by atoms with Crippen molar-refractivity contribution in [2.24, 2.45) is 0 Å². The van der Waals surface area contributed by atoms with Crippen molar-refractivity contribution in [2.75, 3.05) is 12.4 Å². The van der Waals surface area contributed by atoms with Crippen LogP contribution < -0.4 is 10.1 Å². The van der Waals surface area contributed by atoms with E-state index in [4.69, 9.17) is 16.3 Å². The van der Waals surface area contributed by atoms with Crippen molar-refractivity contribution in [3.8, 4) is 5.75 Å². The van der Waals surface area contributed by atoms with E-state index in [1.807, 2.05) is 19.1 Å². The Morgan fingerprint density at radius 3 is 2.42 bits per heavy atom. The van der Waals surface area contributed by atoms with Crippen molar-refractivity contribution in [2.45, 2.75) is 20.0 Å². The molecule has 5 nitrogen and oxygen atoms in total. The number of anilines is 1. The van der Waals surface area contributed by atoms with Gasteiger partial charge in [-0.05, 0) is 44.2 Å². The van der Waals surface area contributed by atoms with Gasteiger partial charge in [-0.1, -0.05) is 29.3 Å². The number of benzene rings is 2. The molecular formula is C18H18ClNO4. The van der Waals surface area contributed by atoms with Crippen LogP contribution in [0.5, 0.6) is 5.75 Å². The van der Waals surface area contributed by atoms with Crippen molar-refractivity contribution in [1.29, 1.82) is 0 Å². The van der Waals surface area contributed by atoms with Crippen LogP contribution in [0.2, 0.25) is 5.02 Å². The SMILES string of the molecule is COC(=O)c1ccc(Cl)c(NC(=O)[C@@H](C)Oc2ccc(C)cc2)c1. The first-order chi connectivity index (χ1) is 11.4. The Morgan fingerprint density at radius 2 is 1.79 bits per heavy atom. The lowest BCUT2D eigenvalue weighted by atomic mass is 10.2. The van der Waals surface area contributed by atoms with Crippen LogP contribution in [-0.2, 0) is 9.53 Å². The largest absolute Gasteiger partial charge is 0.481 e. The Bertz CT molecular complexity index is 743. The Labute approximate surface area is 145 Å². The van der Waals surface area contributed by atoms with Crippen LogP contribution in [0.15, 0.2) is 42.5 Å². The van der Waals surface area contributed by atoms with Gasteiger partial charge in [-0.2, -0.15) is 0 Å². The minimum atomic E-state index is -0.731. The van der Waals surface area contributed by atoms with Crippen molar-refractivity contribution in [3.63, 3.8) is 0 Å². The van der Waals surface area contributed by atoms with E-state index in [2.05, 4.69) is 10.1 Å². The predicted molar refractivity (Wildman–Crippen MR) is 92.7 cm³/mol. The summed E-state index contributed by atoms with van der Waals surface area (Å²) in [6.45, 7) is 3.60. The molecule has 24 heavy (non-hydrogen) atoms. The number of hydrogen-bond acceptors (Lipinski definition) is 4. The molecule has 1 N–H and O–H groups in total. The highest BCUT2D eigenvalue weighted by Crippen LogP contribution is 2.24. The zero-order chi connectivity index (χ0) is 17.7. The molecule has 0 aliphatic heterocycles. The highest BCUT2D eigenvalue weighted by atomic mass is 35.5. The quantitative estimate of drug-likeness (QED) is 0.834. The summed E-state index contributed by atoms with van der Waals surface area (Å²) in [5.41, 5.74) is 1.72. The molecule has 6 heteroatoms. The van der Waals surface area contributed by atoms with Gasteiger partial charge in [0.25, 0.3) is 5.91 Å². The number of esters is 1. The molecule has 0 bridgehead atoms. The first-order valence-corrected chi connectivity index (χ1v) is 7.70. The van der Waals surface area contributed by atoms with Crippen molar-refractivity contribution < 1.29 is 19.1 Å². The van der Waals surface area contributed by atoms with Gasteiger partial charge in [-0.25, -0.2) is 4.79 Å². The minimum Gasteiger partial charge on any atom is -0.481 e. The number of aryl methyl sites for hydroxylation is 1. The number of methoxy groups -OCH3 is 1. The summed E-state index contributed by atoms with van der Waals surface area (Å²) >= 11 is 6.06. The summed E-state index contributed by atoms with van der Waals surface area (Å²) < 4.78 is 10.2. The number of nitrogens with one attached hydrogen (secondary N) is 1. The van der Waals surface area contributed by atoms with Gasteiger partial charge in [0.1, 0.15) is 5.75 Å². The molecule has 2 aromatic carbocycles. The fraction of sp³-hybridized carbons (Fsp3) is 0.222. The first-order valence-electron chi connectivity index (χ1n) is 7.32. The van der Waals surface area contributed by atoms with E-state index in [9.17, 15) is 9.59 Å². The smallest absolute Gasteiger partial charge is 0.337 e. The first kappa shape index (κ1) is 17.8. The summed E-state index contributed by atoms with van der Waals surface area (Å²) in [5.74, 6) is -0.289. The van der Waals surface area contributed by atoms with Gasteiger partial charge in [-0.15, -0.1) is 0 Å². The van der Waals surface area contributed by atoms with E-state index in [0.29, 0.717) is 22.0 Å². The molecule has 0 aliphatic rings. The lowest BCUT2D eigenvalue weighted by molar-refractivity contribution is -0.122. The highest BCUT2D eigenvalue weighted by molar-refractivity contribution is 6.33. The van der Waals surface area contributed by atoms with E-state index >= 15 is 0 Å². The zero-order valence-electron chi connectivity index (χ0n) is 13.6. The van der Waals surface area contributed by atoms with Crippen LogP contribution in [0, 0.1) is 6.92 Å². The summed E-state index contributed by atoms with van der Waals surface area (Å²) in [4.78, 5) is 23.8. The second-order valence-electron chi connectivity index (χ2n) is 5.25. The third kappa shape index (κ3) is 4.49. The molecule has 0 saturated heterocycles. The van der Waals surface area contributed by atoms with Gasteiger partial charge >= 0.3 is 5.97 Å². The van der Waals surface area contributed by atoms with Gasteiger partial charge in [0, 0.05) is 0 Å². The molecular weight excluding hydrogens is 330 g/mol. The molecule has 1 atom stereocenters. The van der Waals surface area contributed by atoms with Crippen molar-refractivity contribution >= 4 is 29.2 Å². The summed E-state index contributed by atoms with van der Waals surface area (Å²) in [6, 6.07) is 11.9. The molecule has 0 heterocycles. The average molecular weight is 348 g/mol. The van der Waals surface area contributed by atoms with E-state index < -0.39 is 12.1 Å². The van der Waals surface area contributed by atoms with E-state index in [1.165, 1.54) is 25.3 Å². The fourth-order valence-corrected chi connectivity index (χ4v) is 2.14. The number of halogens is 1. The van der Waals surface area contributed by atoms with Crippen molar-refractivity contribution in [3.05, 3.63) is 58.6 Å². The van der Waals surface area contributed by atoms with Gasteiger partial charge in [0.2, 0.25) is 0 Å². The summed E-state index contributed by atoms with van der Waals surface area (Å²) in [6.07, 6.45) is -0.731. The zero-order valence-corrected chi connectivity index (χ0v) is 14.4. The molecule has 0 fully saturated rings. The Balaban J connectivity index is 2.08. The highest BCUT2D eigenvalue weighted by Gasteiger charge is 2.17. The van der Waals surface area contributed by atoms with Crippen LogP contribution in [0.25, 0.3) is 0 Å². The topological polar surface area (TPSA) is 64.6 Å². The molecule has 126 valence electrons. The molecule has 1 amide bonds. The number of carbonyl (C=O) groups is 2. The van der Waals surface area contributed by atoms with Crippen LogP contribution in [0.3, 0.4) is 0 Å². The molecule has 2 aromatic rings. The maximum Gasteiger partial charge on any atom is 0.337 e. The van der Waals surface area contributed by atoms with E-state index in [1.54, 1.807) is 19.1 Å². The summed E-state index contributed by atoms with van der Waals surface area (Å²) in [5, 5.41) is 2.98. The predicted octanol–water partition coefficient (Wildman–Crippen LogP) is 3.84. The van der Waals surface area contributed by atoms with Gasteiger partial charge < -0.3 is 14.8 Å². The third-order valence-corrected chi connectivity index (χ3v) is 3.68. The van der Waals surface area contributed by atoms with Gasteiger partial charge in [0.15, 0.2) is 6.10 Å². The molecule has 0 radical (unpaired) electrons. The van der Waals surface area contributed by atoms with Gasteiger partial charge in [-0.3, -0.25) is 4.79 Å². The second kappa shape index (κ2) is 7.84. The average Bonchev–Trinajstić information content (AvgIpc) is 2.58. The molecule has 0 saturated carbocycles. The number of amides is 1. The second-order valence-corrected chi connectivity index (χ2v) is 5.66. The van der Waals surface area contributed by atoms with E-state index in [-0.39, 0.29) is 5.91 Å². The molecule has 0 unspecified atom stereocenters. The van der Waals surface area contributed by atoms with Crippen molar-refractivity contribution in [1.82, 2.24) is 0 Å². The maximum absolute atomic E-state index is 12.3. The fourth-order valence-electron chi connectivity index (χ4n) is 1.97. The number of hydrogen-bond donors (Lipinski definition) is 1. The molecule has 0 aromatic heterocycles. The van der Waals surface area contributed by atoms with Crippen LogP contribution in [0.1, 0.15) is 22.8 Å². The lowest BCUT2D eigenvalue weighted by Gasteiger charge is -2.16. The standard InChI is InChI=1S/C18H18ClNO4/c1-11-4-7-14(8-5-11)24-12(2)17(21)20-16-10-13(18(22)23-3)6-9-15(16)19/h4-10,12H,1-3H3,(H,20,21)/t12-/m1/s1.